The molecule has 4 atom stereocenters. The van der Waals surface area contributed by atoms with E-state index in [1.807, 2.05) is 56.3 Å². The van der Waals surface area contributed by atoms with Gasteiger partial charge in [-0.3, -0.25) is 9.59 Å². The molecule has 1 spiro atoms. The first-order valence-electron chi connectivity index (χ1n) is 19.4. The summed E-state index contributed by atoms with van der Waals surface area (Å²) in [4.78, 5) is 54.5. The van der Waals surface area contributed by atoms with Gasteiger partial charge in [0.05, 0.1) is 12.6 Å². The van der Waals surface area contributed by atoms with E-state index < -0.39 is 47.1 Å². The minimum Gasteiger partial charge on any atom is -0.506 e. The minimum absolute atomic E-state index is 0.00518. The molecular formula is C43H40N6O9. The summed E-state index contributed by atoms with van der Waals surface area (Å²) in [5, 5.41) is 32.4. The monoisotopic (exact) mass is 784 g/mol. The zero-order chi connectivity index (χ0) is 40.4. The summed E-state index contributed by atoms with van der Waals surface area (Å²) in [7, 11) is 1.25. The lowest BCUT2D eigenvalue weighted by Gasteiger charge is -2.30. The predicted octanol–water partition coefficient (Wildman–Crippen LogP) is 5.83. The number of nitrogens with one attached hydrogen (secondary N) is 4. The Balaban J connectivity index is 1.30. The van der Waals surface area contributed by atoms with Crippen LogP contribution in [0, 0.1) is 5.92 Å². The first-order valence-corrected chi connectivity index (χ1v) is 19.4. The predicted molar refractivity (Wildman–Crippen MR) is 209 cm³/mol. The number of aromatic amines is 1. The molecule has 10 rings (SSSR count). The van der Waals surface area contributed by atoms with Crippen LogP contribution in [0.25, 0.3) is 44.9 Å². The highest BCUT2D eigenvalue weighted by Gasteiger charge is 2.62. The number of ether oxygens (including phenoxy) is 2. The van der Waals surface area contributed by atoms with Crippen LogP contribution in [0.1, 0.15) is 85.4 Å². The summed E-state index contributed by atoms with van der Waals surface area (Å²) in [6.07, 6.45) is 1.27. The number of amides is 2. The Morgan fingerprint density at radius 2 is 1.84 bits per heavy atom. The molecule has 3 aromatic heterocycles. The first-order chi connectivity index (χ1) is 27.9. The van der Waals surface area contributed by atoms with Crippen molar-refractivity contribution < 1.29 is 42.9 Å². The van der Waals surface area contributed by atoms with Gasteiger partial charge in [0.15, 0.2) is 29.1 Å². The third-order valence-corrected chi connectivity index (χ3v) is 12.3. The summed E-state index contributed by atoms with van der Waals surface area (Å²) in [6.45, 7) is 7.26. The van der Waals surface area contributed by atoms with E-state index in [-0.39, 0.29) is 59.9 Å². The van der Waals surface area contributed by atoms with Crippen molar-refractivity contribution in [3.05, 3.63) is 88.8 Å². The molecule has 15 nitrogen and oxygen atoms in total. The fraction of sp³-hybridized carbons (Fsp3) is 0.326. The maximum absolute atomic E-state index is 14.4. The van der Waals surface area contributed by atoms with Gasteiger partial charge in [0.2, 0.25) is 17.7 Å². The molecule has 58 heavy (non-hydrogen) atoms. The van der Waals surface area contributed by atoms with E-state index >= 15 is 0 Å². The molecule has 7 heterocycles. The Morgan fingerprint density at radius 3 is 2.60 bits per heavy atom. The van der Waals surface area contributed by atoms with Gasteiger partial charge in [0, 0.05) is 45.9 Å². The van der Waals surface area contributed by atoms with Gasteiger partial charge >= 0.3 is 5.97 Å². The number of nitrogens with zero attached hydrogens (tertiary/aromatic N) is 2. The normalized spacial score (nSPS) is 21.0. The highest BCUT2D eigenvalue weighted by molar-refractivity contribution is 6.11. The van der Waals surface area contributed by atoms with Crippen molar-refractivity contribution >= 4 is 34.4 Å². The molecule has 4 aliphatic rings. The van der Waals surface area contributed by atoms with E-state index in [2.05, 4.69) is 20.9 Å². The van der Waals surface area contributed by atoms with Gasteiger partial charge in [-0.15, -0.1) is 0 Å². The van der Waals surface area contributed by atoms with Gasteiger partial charge in [-0.2, -0.15) is 4.98 Å². The summed E-state index contributed by atoms with van der Waals surface area (Å²) in [5.41, 5.74) is 2.44. The number of hydrogen-bond donors (Lipinski definition) is 6. The number of methoxy groups -OCH3 is 1. The second-order valence-electron chi connectivity index (χ2n) is 15.7. The summed E-state index contributed by atoms with van der Waals surface area (Å²) in [6, 6.07) is 13.1. The first kappa shape index (κ1) is 35.8. The van der Waals surface area contributed by atoms with E-state index in [0.29, 0.717) is 39.1 Å². The Bertz CT molecular complexity index is 2740. The second kappa shape index (κ2) is 12.4. The number of oxazole rings is 2. The van der Waals surface area contributed by atoms with Crippen LogP contribution in [-0.2, 0) is 26.2 Å². The Labute approximate surface area is 331 Å². The molecule has 4 aliphatic heterocycles. The number of H-pyrrole nitrogens is 1. The molecule has 2 amide bonds. The minimum atomic E-state index is -1.67. The smallest absolute Gasteiger partial charge is 0.360 e. The number of hydrogen-bond acceptors (Lipinski definition) is 12. The molecule has 3 aromatic carbocycles. The van der Waals surface area contributed by atoms with Crippen LogP contribution >= 0.6 is 0 Å². The lowest BCUT2D eigenvalue weighted by molar-refractivity contribution is -0.143. The molecule has 0 saturated carbocycles. The number of aliphatic hydroxyl groups is 1. The number of aromatic hydroxyl groups is 1. The molecule has 6 aromatic rings. The molecule has 0 fully saturated rings. The zero-order valence-electron chi connectivity index (χ0n) is 32.3. The van der Waals surface area contributed by atoms with Crippen molar-refractivity contribution in [3.8, 4) is 45.5 Å². The molecule has 6 N–H and O–H groups in total. The van der Waals surface area contributed by atoms with Crippen LogP contribution in [0.2, 0.25) is 0 Å². The lowest BCUT2D eigenvalue weighted by atomic mass is 9.72. The number of aromatic nitrogens is 3. The quantitative estimate of drug-likeness (QED) is 0.110. The van der Waals surface area contributed by atoms with Gasteiger partial charge in [-0.25, -0.2) is 9.78 Å². The Morgan fingerprint density at radius 1 is 1.03 bits per heavy atom. The highest BCUT2D eigenvalue weighted by atomic mass is 16.5. The largest absolute Gasteiger partial charge is 0.506 e. The molecular weight excluding hydrogens is 745 g/mol. The fourth-order valence-electron chi connectivity index (χ4n) is 9.09. The summed E-state index contributed by atoms with van der Waals surface area (Å²) < 4.78 is 25.6. The van der Waals surface area contributed by atoms with Crippen molar-refractivity contribution in [2.75, 3.05) is 12.4 Å². The second-order valence-corrected chi connectivity index (χ2v) is 15.7. The highest BCUT2D eigenvalue weighted by Crippen LogP contribution is 2.61. The van der Waals surface area contributed by atoms with Crippen LogP contribution in [0.4, 0.5) is 5.69 Å². The average molecular weight is 785 g/mol. The van der Waals surface area contributed by atoms with Gasteiger partial charge in [-0.05, 0) is 48.1 Å². The number of phenolic OH excluding ortho intramolecular Hbond substituents is 1. The molecule has 0 radical (unpaired) electrons. The molecule has 15 heteroatoms. The molecule has 0 saturated heterocycles. The van der Waals surface area contributed by atoms with Crippen molar-refractivity contribution in [1.29, 1.82) is 0 Å². The van der Waals surface area contributed by atoms with Gasteiger partial charge in [-0.1, -0.05) is 58.0 Å². The van der Waals surface area contributed by atoms with Gasteiger partial charge in [0.25, 0.3) is 5.91 Å². The van der Waals surface area contributed by atoms with Crippen molar-refractivity contribution in [2.45, 2.75) is 76.3 Å². The molecule has 0 aliphatic carbocycles. The van der Waals surface area contributed by atoms with E-state index in [9.17, 15) is 24.6 Å². The Hall–Kier alpha value is -6.61. The summed E-state index contributed by atoms with van der Waals surface area (Å²) >= 11 is 0. The number of rotatable bonds is 6. The number of carbonyl (C=O) groups is 3. The maximum atomic E-state index is 14.4. The van der Waals surface area contributed by atoms with Crippen LogP contribution in [-0.4, -0.2) is 67.9 Å². The number of esters is 1. The standard InChI is InChI=1S/C43H40N6O9/c1-6-42(54,7-2)40(53)45-25-16-19-11-14-27-24(15-19)43-23-10-8-9-21(30(23)49-41(43)56-27)20-12-13-26(50)31-28(20)22(17-44-31)34-32(39(52)55-5)47-38(57-34)33-35(43)58-37(48-33)29(18(3)4)46-36(25)51/h8-15,17-18,25,29,41,44,49-50,54H,6-7,16H2,1-5H3,(H,45,53)(H,46,51)/t25-,29-,41?,43?/m0/s1. The molecule has 2 unspecified atom stereocenters. The number of fused-ring (bicyclic) bond motifs is 7. The van der Waals surface area contributed by atoms with Gasteiger partial charge < -0.3 is 49.5 Å². The zero-order valence-corrected chi connectivity index (χ0v) is 32.3. The van der Waals surface area contributed by atoms with E-state index in [1.54, 1.807) is 26.1 Å². The fourth-order valence-corrected chi connectivity index (χ4v) is 9.09. The van der Waals surface area contributed by atoms with Crippen LogP contribution in [0.5, 0.6) is 11.5 Å². The maximum Gasteiger partial charge on any atom is 0.360 e. The summed E-state index contributed by atoms with van der Waals surface area (Å²) in [5.74, 6) is -1.17. The van der Waals surface area contributed by atoms with Gasteiger partial charge in [0.1, 0.15) is 34.6 Å². The third kappa shape index (κ3) is 4.73. The van der Waals surface area contributed by atoms with E-state index in [4.69, 9.17) is 28.3 Å². The number of phenols is 1. The van der Waals surface area contributed by atoms with E-state index in [0.717, 1.165) is 22.4 Å². The third-order valence-electron chi connectivity index (χ3n) is 12.3. The number of carbonyl (C=O) groups excluding carboxylic acids is 3. The molecule has 296 valence electrons. The van der Waals surface area contributed by atoms with Crippen molar-refractivity contribution in [3.63, 3.8) is 0 Å². The number of para-hydroxylation sites is 1. The van der Waals surface area contributed by atoms with E-state index in [1.165, 1.54) is 7.11 Å². The van der Waals surface area contributed by atoms with Crippen molar-refractivity contribution in [1.82, 2.24) is 25.6 Å². The van der Waals surface area contributed by atoms with Crippen LogP contribution in [0.3, 0.4) is 0 Å². The SMILES string of the molecule is CCC(O)(CC)C(=O)N[C@H]1Cc2ccc3c(c2)C24c5cccc(c5NC2O3)-c2ccc(O)c3[nH]cc(c23)-c2oc(nc2C(=O)OC)-c2nc(oc24)[C@H](C(C)C)NC1=O. The number of anilines is 1. The average Bonchev–Trinajstić information content (AvgIpc) is 4.05. The number of benzene rings is 3. The Kier molecular flexibility index (Phi) is 7.68. The van der Waals surface area contributed by atoms with Crippen LogP contribution in [0.15, 0.2) is 63.6 Å². The van der Waals surface area contributed by atoms with Crippen molar-refractivity contribution in [2.24, 2.45) is 5.92 Å². The molecule has 10 bridgehead atoms. The topological polar surface area (TPSA) is 214 Å². The lowest BCUT2D eigenvalue weighted by Crippen LogP contribution is -2.55. The van der Waals surface area contributed by atoms with Crippen LogP contribution < -0.4 is 20.7 Å².